The first-order chi connectivity index (χ1) is 26.8. The Balaban J connectivity index is 0.000000214. The molecule has 2 aliphatic heterocycles. The molecular weight excluding hydrogens is 751 g/mol. The van der Waals surface area contributed by atoms with Crippen LogP contribution >= 0.6 is 0 Å². The number of nitrogens with two attached hydrogens (primary N) is 1. The van der Waals surface area contributed by atoms with Gasteiger partial charge in [0, 0.05) is 5.56 Å². The molecule has 0 amide bonds. The summed E-state index contributed by atoms with van der Waals surface area (Å²) in [5.41, 5.74) is 9.33. The van der Waals surface area contributed by atoms with Crippen LogP contribution in [0.2, 0.25) is 0 Å². The lowest BCUT2D eigenvalue weighted by Crippen LogP contribution is -2.44. The summed E-state index contributed by atoms with van der Waals surface area (Å²) in [7, 11) is -1.66. The number of hydrogen-bond acceptors (Lipinski definition) is 10. The monoisotopic (exact) mass is 803 g/mol. The fraction of sp³-hybridized carbons (Fsp3) is 0.381. The highest BCUT2D eigenvalue weighted by Crippen LogP contribution is 2.29. The van der Waals surface area contributed by atoms with E-state index >= 15 is 0 Å². The van der Waals surface area contributed by atoms with Crippen molar-refractivity contribution in [3.05, 3.63) is 131 Å². The number of rotatable bonds is 13. The van der Waals surface area contributed by atoms with Gasteiger partial charge in [-0.25, -0.2) is 21.6 Å². The Hall–Kier alpha value is -4.60. The van der Waals surface area contributed by atoms with Crippen molar-refractivity contribution in [3.63, 3.8) is 0 Å². The van der Waals surface area contributed by atoms with E-state index < -0.39 is 31.3 Å². The highest BCUT2D eigenvalue weighted by molar-refractivity contribution is 7.93. The minimum absolute atomic E-state index is 0.0417. The Kier molecular flexibility index (Phi) is 14.8. The molecule has 6 rings (SSSR count). The third kappa shape index (κ3) is 10.8. The highest BCUT2D eigenvalue weighted by Gasteiger charge is 2.36. The second-order valence-corrected chi connectivity index (χ2v) is 18.6. The van der Waals surface area contributed by atoms with Gasteiger partial charge in [0.05, 0.1) is 54.2 Å². The summed E-state index contributed by atoms with van der Waals surface area (Å²) in [5.74, 6) is -0.546. The van der Waals surface area contributed by atoms with E-state index in [4.69, 9.17) is 10.5 Å². The molecule has 0 spiro atoms. The maximum atomic E-state index is 13.5. The van der Waals surface area contributed by atoms with Crippen LogP contribution in [0.1, 0.15) is 57.5 Å². The average Bonchev–Trinajstić information content (AvgIpc) is 3.23. The van der Waals surface area contributed by atoms with Gasteiger partial charge in [0.2, 0.25) is 20.0 Å². The lowest BCUT2D eigenvalue weighted by Gasteiger charge is -2.34. The molecule has 56 heavy (non-hydrogen) atoms. The van der Waals surface area contributed by atoms with Gasteiger partial charge >= 0.3 is 5.97 Å². The maximum absolute atomic E-state index is 13.5. The average molecular weight is 804 g/mol. The normalized spacial score (nSPS) is 16.0. The number of sulfonamides is 2. The van der Waals surface area contributed by atoms with Crippen LogP contribution in [0.25, 0.3) is 0 Å². The number of carbonyl (C=O) groups excluding carboxylic acids is 2. The van der Waals surface area contributed by atoms with Crippen molar-refractivity contribution in [2.24, 2.45) is 5.73 Å². The van der Waals surface area contributed by atoms with E-state index in [9.17, 15) is 26.4 Å². The van der Waals surface area contributed by atoms with Gasteiger partial charge in [-0.3, -0.25) is 13.4 Å². The summed E-state index contributed by atoms with van der Waals surface area (Å²) >= 11 is 0. The number of anilines is 2. The van der Waals surface area contributed by atoms with E-state index in [-0.39, 0.29) is 30.7 Å². The standard InChI is InChI=1S/C21H27N3O3S.C21H26N2O4S/c1-23-13-11-20(12-14-23)28(26,27)24(19-5-3-2-4-6-19)16-17-7-9-18(10-8-17)21(25)15-22;1-22-14-12-20(13-15-22)28(25,26)23(19-6-4-3-5-7-19)16-17-8-10-18(11-9-17)21(24)27-2/h2-10,20H,11-16,22H2,1H3;3-11,20H,12-16H2,1-2H3. The summed E-state index contributed by atoms with van der Waals surface area (Å²) in [4.78, 5) is 27.7. The molecule has 0 aromatic heterocycles. The predicted molar refractivity (Wildman–Crippen MR) is 222 cm³/mol. The number of likely N-dealkylation sites (tertiary alicyclic amines) is 2. The largest absolute Gasteiger partial charge is 0.465 e. The molecule has 0 radical (unpaired) electrons. The molecular formula is C42H53N5O7S2. The number of carbonyl (C=O) groups is 2. The van der Waals surface area contributed by atoms with Crippen LogP contribution in [0.15, 0.2) is 109 Å². The summed E-state index contributed by atoms with van der Waals surface area (Å²) in [5, 5.41) is -0.778. The number of para-hydroxylation sites is 2. The Labute approximate surface area is 332 Å². The number of Topliss-reactive ketones (excluding diaryl/α,β-unsaturated/α-hetero) is 1. The Morgan fingerprint density at radius 2 is 0.964 bits per heavy atom. The Bertz CT molecular complexity index is 1930. The molecule has 2 N–H and O–H groups in total. The number of ketones is 1. The first-order valence-electron chi connectivity index (χ1n) is 18.8. The summed E-state index contributed by atoms with van der Waals surface area (Å²) in [6, 6.07) is 32.2. The van der Waals surface area contributed by atoms with Crippen molar-refractivity contribution in [2.45, 2.75) is 49.3 Å². The van der Waals surface area contributed by atoms with Crippen LogP contribution < -0.4 is 14.3 Å². The van der Waals surface area contributed by atoms with Crippen molar-refractivity contribution >= 4 is 43.2 Å². The minimum atomic E-state index is -3.51. The molecule has 2 fully saturated rings. The van der Waals surface area contributed by atoms with Gasteiger partial charge in [-0.2, -0.15) is 0 Å². The topological polar surface area (TPSA) is 151 Å². The molecule has 300 valence electrons. The lowest BCUT2D eigenvalue weighted by molar-refractivity contribution is 0.0600. The summed E-state index contributed by atoms with van der Waals surface area (Å²) < 4.78 is 61.5. The van der Waals surface area contributed by atoms with Crippen molar-refractivity contribution in [2.75, 3.05) is 62.5 Å². The van der Waals surface area contributed by atoms with Crippen molar-refractivity contribution < 1.29 is 31.2 Å². The molecule has 0 bridgehead atoms. The highest BCUT2D eigenvalue weighted by atomic mass is 32.2. The van der Waals surface area contributed by atoms with E-state index in [1.165, 1.54) is 15.7 Å². The van der Waals surface area contributed by atoms with E-state index in [1.807, 2.05) is 74.8 Å². The minimum Gasteiger partial charge on any atom is -0.465 e. The number of esters is 1. The fourth-order valence-electron chi connectivity index (χ4n) is 6.88. The molecule has 0 aliphatic carbocycles. The van der Waals surface area contributed by atoms with Crippen LogP contribution in [-0.4, -0.2) is 103 Å². The second-order valence-electron chi connectivity index (χ2n) is 14.3. The maximum Gasteiger partial charge on any atom is 0.337 e. The Morgan fingerprint density at radius 1 is 0.607 bits per heavy atom. The fourth-order valence-corrected chi connectivity index (χ4v) is 10.7. The van der Waals surface area contributed by atoms with Gasteiger partial charge in [-0.05, 0) is 113 Å². The third-order valence-electron chi connectivity index (χ3n) is 10.4. The molecule has 4 aromatic rings. The summed E-state index contributed by atoms with van der Waals surface area (Å²) in [6.45, 7) is 3.53. The predicted octanol–water partition coefficient (Wildman–Crippen LogP) is 5.16. The molecule has 14 heteroatoms. The molecule has 0 atom stereocenters. The van der Waals surface area contributed by atoms with E-state index in [0.29, 0.717) is 48.2 Å². The molecule has 4 aromatic carbocycles. The van der Waals surface area contributed by atoms with Crippen molar-refractivity contribution in [1.82, 2.24) is 9.80 Å². The molecule has 12 nitrogen and oxygen atoms in total. The Morgan fingerprint density at radius 3 is 1.30 bits per heavy atom. The number of ether oxygens (including phenoxy) is 1. The number of benzene rings is 4. The van der Waals surface area contributed by atoms with Crippen LogP contribution in [0.5, 0.6) is 0 Å². The van der Waals surface area contributed by atoms with Gasteiger partial charge in [-0.1, -0.05) is 72.8 Å². The molecule has 0 saturated carbocycles. The van der Waals surface area contributed by atoms with Crippen molar-refractivity contribution in [3.8, 4) is 0 Å². The zero-order valence-electron chi connectivity index (χ0n) is 32.4. The van der Waals surface area contributed by atoms with Crippen LogP contribution in [-0.2, 0) is 37.9 Å². The zero-order valence-corrected chi connectivity index (χ0v) is 34.0. The number of nitrogens with zero attached hydrogens (tertiary/aromatic N) is 4. The number of methoxy groups -OCH3 is 1. The van der Waals surface area contributed by atoms with Gasteiger partial charge in [0.15, 0.2) is 5.78 Å². The van der Waals surface area contributed by atoms with E-state index in [2.05, 4.69) is 9.80 Å². The molecule has 2 heterocycles. The van der Waals surface area contributed by atoms with E-state index in [1.54, 1.807) is 48.5 Å². The van der Waals surface area contributed by atoms with Gasteiger partial charge < -0.3 is 20.3 Å². The third-order valence-corrected chi connectivity index (χ3v) is 14.9. The first-order valence-corrected chi connectivity index (χ1v) is 21.8. The SMILES string of the molecule is CN1CCC(S(=O)(=O)N(Cc2ccc(C(=O)CN)cc2)c2ccccc2)CC1.COC(=O)c1ccc(CN(c2ccccc2)S(=O)(=O)C2CCN(C)CC2)cc1. The zero-order chi connectivity index (χ0) is 40.3. The van der Waals surface area contributed by atoms with Crippen LogP contribution in [0.4, 0.5) is 11.4 Å². The van der Waals surface area contributed by atoms with Crippen molar-refractivity contribution in [1.29, 1.82) is 0 Å². The van der Waals surface area contributed by atoms with Gasteiger partial charge in [-0.15, -0.1) is 0 Å². The quantitative estimate of drug-likeness (QED) is 0.142. The molecule has 2 saturated heterocycles. The number of hydrogen-bond donors (Lipinski definition) is 1. The lowest BCUT2D eigenvalue weighted by atomic mass is 10.1. The molecule has 2 aliphatic rings. The smallest absolute Gasteiger partial charge is 0.337 e. The van der Waals surface area contributed by atoms with E-state index in [0.717, 1.165) is 37.3 Å². The first kappa shape index (κ1) is 42.5. The van der Waals surface area contributed by atoms with Gasteiger partial charge in [0.1, 0.15) is 0 Å². The second kappa shape index (κ2) is 19.5. The number of piperidine rings is 2. The summed E-state index contributed by atoms with van der Waals surface area (Å²) in [6.07, 6.45) is 2.52. The van der Waals surface area contributed by atoms with Crippen LogP contribution in [0.3, 0.4) is 0 Å². The van der Waals surface area contributed by atoms with Gasteiger partial charge in [0.25, 0.3) is 0 Å². The molecule has 0 unspecified atom stereocenters. The van der Waals surface area contributed by atoms with Crippen LogP contribution in [0, 0.1) is 0 Å².